The molecule has 2 aromatic rings. The average Bonchev–Trinajstić information content (AvgIpc) is 2.55. The van der Waals surface area contributed by atoms with Gasteiger partial charge in [0.05, 0.1) is 0 Å². The Labute approximate surface area is 148 Å². The molecule has 130 valence electrons. The zero-order valence-electron chi connectivity index (χ0n) is 16.8. The first-order valence-electron chi connectivity index (χ1n) is 9.24. The van der Waals surface area contributed by atoms with Crippen molar-refractivity contribution in [2.75, 3.05) is 0 Å². The summed E-state index contributed by atoms with van der Waals surface area (Å²) in [5.74, 6) is 0. The van der Waals surface area contributed by atoms with Gasteiger partial charge in [-0.2, -0.15) is 0 Å². The van der Waals surface area contributed by atoms with E-state index in [-0.39, 0.29) is 10.8 Å². The zero-order chi connectivity index (χ0) is 18.1. The van der Waals surface area contributed by atoms with Gasteiger partial charge in [0.15, 0.2) is 6.20 Å². The minimum absolute atomic E-state index is 0.174. The first kappa shape index (κ1) is 18.7. The number of pyridine rings is 1. The van der Waals surface area contributed by atoms with Crippen LogP contribution in [-0.4, -0.2) is 0 Å². The minimum Gasteiger partial charge on any atom is -0.201 e. The van der Waals surface area contributed by atoms with Gasteiger partial charge in [-0.15, -0.1) is 0 Å². The number of aromatic nitrogens is 1. The first-order valence-corrected chi connectivity index (χ1v) is 9.24. The van der Waals surface area contributed by atoms with E-state index < -0.39 is 0 Å². The third-order valence-electron chi connectivity index (χ3n) is 5.92. The number of rotatable bonds is 5. The third kappa shape index (κ3) is 3.41. The highest BCUT2D eigenvalue weighted by atomic mass is 14.9. The molecule has 0 unspecified atom stereocenters. The molecular weight excluding hydrogens is 290 g/mol. The van der Waals surface area contributed by atoms with Gasteiger partial charge in [0.2, 0.25) is 5.69 Å². The van der Waals surface area contributed by atoms with Crippen molar-refractivity contribution in [3.05, 3.63) is 53.2 Å². The van der Waals surface area contributed by atoms with Crippen LogP contribution in [0.25, 0.3) is 11.3 Å². The van der Waals surface area contributed by atoms with Crippen LogP contribution in [0.15, 0.2) is 36.5 Å². The number of nitrogens with zero attached hydrogens (tertiary/aromatic N) is 1. The predicted molar refractivity (Wildman–Crippen MR) is 104 cm³/mol. The Morgan fingerprint density at radius 3 is 1.96 bits per heavy atom. The van der Waals surface area contributed by atoms with Crippen LogP contribution in [0.4, 0.5) is 0 Å². The summed E-state index contributed by atoms with van der Waals surface area (Å²) in [6.45, 7) is 16.3. The van der Waals surface area contributed by atoms with Gasteiger partial charge in [-0.1, -0.05) is 59.7 Å². The number of hydrogen-bond donors (Lipinski definition) is 0. The second kappa shape index (κ2) is 6.70. The highest BCUT2D eigenvalue weighted by Crippen LogP contribution is 2.38. The van der Waals surface area contributed by atoms with E-state index in [2.05, 4.69) is 96.6 Å². The molecule has 0 bridgehead atoms. The van der Waals surface area contributed by atoms with Gasteiger partial charge in [-0.25, -0.2) is 4.57 Å². The molecule has 0 saturated carbocycles. The summed E-state index contributed by atoms with van der Waals surface area (Å²) >= 11 is 0. The van der Waals surface area contributed by atoms with E-state index >= 15 is 0 Å². The molecule has 0 fully saturated rings. The van der Waals surface area contributed by atoms with Crippen LogP contribution in [0.3, 0.4) is 0 Å². The Morgan fingerprint density at radius 2 is 1.42 bits per heavy atom. The van der Waals surface area contributed by atoms with Gasteiger partial charge < -0.3 is 0 Å². The lowest BCUT2D eigenvalue weighted by Gasteiger charge is -2.32. The molecular formula is C23H34N+. The highest BCUT2D eigenvalue weighted by molar-refractivity contribution is 5.62. The summed E-state index contributed by atoms with van der Waals surface area (Å²) in [4.78, 5) is 0. The van der Waals surface area contributed by atoms with Gasteiger partial charge >= 0.3 is 0 Å². The van der Waals surface area contributed by atoms with Crippen molar-refractivity contribution in [3.8, 4) is 11.3 Å². The second-order valence-corrected chi connectivity index (χ2v) is 8.39. The van der Waals surface area contributed by atoms with E-state index in [0.717, 1.165) is 12.8 Å². The molecule has 1 aromatic carbocycles. The fourth-order valence-corrected chi connectivity index (χ4v) is 3.26. The van der Waals surface area contributed by atoms with E-state index in [4.69, 9.17) is 0 Å². The fraction of sp³-hybridized carbons (Fsp3) is 0.522. The molecule has 2 rings (SSSR count). The molecule has 0 aliphatic rings. The van der Waals surface area contributed by atoms with Gasteiger partial charge in [0, 0.05) is 17.2 Å². The summed E-state index contributed by atoms with van der Waals surface area (Å²) in [6, 6.07) is 11.1. The predicted octanol–water partition coefficient (Wildman–Crippen LogP) is 5.86. The molecule has 1 heteroatoms. The van der Waals surface area contributed by atoms with Crippen molar-refractivity contribution in [1.82, 2.24) is 0 Å². The number of aryl methyl sites for hydroxylation is 2. The Kier molecular flexibility index (Phi) is 5.22. The summed E-state index contributed by atoms with van der Waals surface area (Å²) in [5.41, 5.74) is 7.30. The molecule has 24 heavy (non-hydrogen) atoms. The Hall–Kier alpha value is -1.63. The Bertz CT molecular complexity index is 723. The summed E-state index contributed by atoms with van der Waals surface area (Å²) in [5, 5.41) is 0. The van der Waals surface area contributed by atoms with Crippen molar-refractivity contribution in [1.29, 1.82) is 0 Å². The summed E-state index contributed by atoms with van der Waals surface area (Å²) < 4.78 is 2.31. The van der Waals surface area contributed by atoms with E-state index in [1.807, 2.05) is 0 Å². The maximum Gasteiger partial charge on any atom is 0.212 e. The summed E-state index contributed by atoms with van der Waals surface area (Å²) in [7, 11) is 2.18. The third-order valence-corrected chi connectivity index (χ3v) is 5.92. The molecule has 0 spiro atoms. The molecule has 1 heterocycles. The van der Waals surface area contributed by atoms with Crippen LogP contribution in [0.2, 0.25) is 0 Å². The lowest BCUT2D eigenvalue weighted by Crippen LogP contribution is -2.37. The molecule has 0 N–H and O–H groups in total. The zero-order valence-corrected chi connectivity index (χ0v) is 16.8. The summed E-state index contributed by atoms with van der Waals surface area (Å²) in [6.07, 6.45) is 4.66. The highest BCUT2D eigenvalue weighted by Gasteiger charge is 2.33. The molecule has 0 radical (unpaired) electrons. The minimum atomic E-state index is 0.174. The normalized spacial score (nSPS) is 12.5. The average molecular weight is 325 g/mol. The SMILES string of the molecule is CCC(C)(C)c1cc(-c2ccccc2C)[n+](C)cc1C(C)(C)CC. The second-order valence-electron chi connectivity index (χ2n) is 8.39. The van der Waals surface area contributed by atoms with Crippen molar-refractivity contribution in [3.63, 3.8) is 0 Å². The van der Waals surface area contributed by atoms with Crippen LogP contribution in [0.1, 0.15) is 71.1 Å². The topological polar surface area (TPSA) is 3.88 Å². The van der Waals surface area contributed by atoms with Gasteiger partial charge in [-0.05, 0) is 47.8 Å². The lowest BCUT2D eigenvalue weighted by molar-refractivity contribution is -0.661. The van der Waals surface area contributed by atoms with Crippen LogP contribution < -0.4 is 4.57 Å². The molecule has 0 atom stereocenters. The molecule has 0 amide bonds. The van der Waals surface area contributed by atoms with Crippen molar-refractivity contribution in [2.45, 2.75) is 72.1 Å². The molecule has 1 aromatic heterocycles. The fourth-order valence-electron chi connectivity index (χ4n) is 3.26. The molecule has 0 aliphatic carbocycles. The lowest BCUT2D eigenvalue weighted by atomic mass is 9.71. The molecule has 0 saturated heterocycles. The van der Waals surface area contributed by atoms with Gasteiger partial charge in [0.1, 0.15) is 7.05 Å². The molecule has 0 aliphatic heterocycles. The van der Waals surface area contributed by atoms with E-state index in [9.17, 15) is 0 Å². The van der Waals surface area contributed by atoms with Crippen LogP contribution in [0, 0.1) is 6.92 Å². The first-order chi connectivity index (χ1) is 11.1. The van der Waals surface area contributed by atoms with Crippen molar-refractivity contribution >= 4 is 0 Å². The van der Waals surface area contributed by atoms with E-state index in [0.29, 0.717) is 0 Å². The van der Waals surface area contributed by atoms with Gasteiger partial charge in [-0.3, -0.25) is 0 Å². The number of hydrogen-bond acceptors (Lipinski definition) is 0. The van der Waals surface area contributed by atoms with E-state index in [1.54, 1.807) is 0 Å². The van der Waals surface area contributed by atoms with Crippen LogP contribution in [-0.2, 0) is 17.9 Å². The van der Waals surface area contributed by atoms with E-state index in [1.165, 1.54) is 27.9 Å². The van der Waals surface area contributed by atoms with Crippen LogP contribution in [0.5, 0.6) is 0 Å². The standard InChI is InChI=1S/C23H34N/c1-9-22(4,5)19-15-21(18-14-12-11-13-17(18)3)24(8)16-20(19)23(6,7)10-2/h11-16H,9-10H2,1-8H3/q+1. The molecule has 1 nitrogen and oxygen atoms in total. The smallest absolute Gasteiger partial charge is 0.201 e. The maximum atomic E-state index is 2.44. The number of benzene rings is 1. The Balaban J connectivity index is 2.79. The Morgan fingerprint density at radius 1 is 0.875 bits per heavy atom. The van der Waals surface area contributed by atoms with Gasteiger partial charge in [0.25, 0.3) is 0 Å². The van der Waals surface area contributed by atoms with Crippen molar-refractivity contribution < 1.29 is 4.57 Å². The quantitative estimate of drug-likeness (QED) is 0.606. The van der Waals surface area contributed by atoms with Crippen molar-refractivity contribution in [2.24, 2.45) is 7.05 Å². The van der Waals surface area contributed by atoms with Crippen LogP contribution >= 0.6 is 0 Å². The monoisotopic (exact) mass is 324 g/mol. The maximum absolute atomic E-state index is 2.44. The largest absolute Gasteiger partial charge is 0.212 e.